The number of nitrogens with one attached hydrogen (secondary N) is 1. The van der Waals surface area contributed by atoms with Crippen LogP contribution in [0.4, 0.5) is 5.82 Å². The van der Waals surface area contributed by atoms with Crippen LogP contribution in [0.5, 0.6) is 11.5 Å². The van der Waals surface area contributed by atoms with Gasteiger partial charge in [-0.3, -0.25) is 4.79 Å². The molecule has 2 aromatic rings. The van der Waals surface area contributed by atoms with E-state index in [1.807, 2.05) is 0 Å². The Morgan fingerprint density at radius 3 is 2.79 bits per heavy atom. The lowest BCUT2D eigenvalue weighted by Gasteiger charge is -2.09. The third kappa shape index (κ3) is 4.19. The largest absolute Gasteiger partial charge is 0.493 e. The maximum absolute atomic E-state index is 10.8. The minimum Gasteiger partial charge on any atom is -0.493 e. The SMILES string of the molecule is COc1cc(C=[NH+]N=C(N)c2nonc2N)ccc1OCC(N)=O. The second-order valence-electron chi connectivity index (χ2n) is 4.43. The molecule has 0 atom stereocenters. The molecule has 0 spiro atoms. The molecule has 11 nitrogen and oxygen atoms in total. The number of nitrogens with zero attached hydrogens (tertiary/aromatic N) is 3. The van der Waals surface area contributed by atoms with Gasteiger partial charge in [-0.05, 0) is 28.5 Å². The average molecular weight is 334 g/mol. The average Bonchev–Trinajstić information content (AvgIpc) is 2.99. The molecule has 0 saturated heterocycles. The summed E-state index contributed by atoms with van der Waals surface area (Å²) in [6.45, 7) is -0.244. The van der Waals surface area contributed by atoms with Crippen LogP contribution >= 0.6 is 0 Å². The molecule has 2 rings (SSSR count). The smallest absolute Gasteiger partial charge is 0.255 e. The lowest BCUT2D eigenvalue weighted by atomic mass is 10.2. The maximum Gasteiger partial charge on any atom is 0.255 e. The summed E-state index contributed by atoms with van der Waals surface area (Å²) in [6.07, 6.45) is 1.55. The van der Waals surface area contributed by atoms with Crippen molar-refractivity contribution in [3.63, 3.8) is 0 Å². The second kappa shape index (κ2) is 7.58. The number of methoxy groups -OCH3 is 1. The van der Waals surface area contributed by atoms with Crippen LogP contribution in [-0.4, -0.2) is 42.0 Å². The Hall–Kier alpha value is -3.63. The summed E-state index contributed by atoms with van der Waals surface area (Å²) in [6, 6.07) is 5.01. The lowest BCUT2D eigenvalue weighted by Crippen LogP contribution is -2.63. The van der Waals surface area contributed by atoms with Crippen molar-refractivity contribution in [2.75, 3.05) is 19.5 Å². The first-order valence-electron chi connectivity index (χ1n) is 6.60. The highest BCUT2D eigenvalue weighted by atomic mass is 16.6. The molecule has 0 saturated carbocycles. The quantitative estimate of drug-likeness (QED) is 0.241. The van der Waals surface area contributed by atoms with Gasteiger partial charge in [-0.25, -0.2) is 4.63 Å². The van der Waals surface area contributed by atoms with Crippen molar-refractivity contribution in [1.29, 1.82) is 0 Å². The number of amides is 1. The van der Waals surface area contributed by atoms with E-state index in [2.05, 4.69) is 25.1 Å². The van der Waals surface area contributed by atoms with Gasteiger partial charge in [-0.15, -0.1) is 5.10 Å². The van der Waals surface area contributed by atoms with E-state index < -0.39 is 5.91 Å². The highest BCUT2D eigenvalue weighted by Crippen LogP contribution is 2.27. The molecule has 0 aliphatic rings. The van der Waals surface area contributed by atoms with Crippen molar-refractivity contribution in [2.45, 2.75) is 0 Å². The minimum atomic E-state index is -0.583. The number of hydrogen-bond donors (Lipinski definition) is 4. The monoisotopic (exact) mass is 334 g/mol. The van der Waals surface area contributed by atoms with E-state index in [0.717, 1.165) is 0 Å². The molecule has 1 aromatic heterocycles. The topological polar surface area (TPSA) is 179 Å². The number of ether oxygens (including phenoxy) is 2. The van der Waals surface area contributed by atoms with E-state index in [1.165, 1.54) is 7.11 Å². The Bertz CT molecular complexity index is 784. The zero-order valence-corrected chi connectivity index (χ0v) is 12.7. The van der Waals surface area contributed by atoms with Crippen molar-refractivity contribution >= 4 is 23.8 Å². The van der Waals surface area contributed by atoms with Crippen LogP contribution in [0.3, 0.4) is 0 Å². The van der Waals surface area contributed by atoms with Gasteiger partial charge in [-0.1, -0.05) is 0 Å². The predicted octanol–water partition coefficient (Wildman–Crippen LogP) is -2.66. The Balaban J connectivity index is 2.12. The van der Waals surface area contributed by atoms with Crippen molar-refractivity contribution in [3.8, 4) is 11.5 Å². The fourth-order valence-corrected chi connectivity index (χ4v) is 1.64. The fraction of sp³-hybridized carbons (Fsp3) is 0.154. The van der Waals surface area contributed by atoms with Crippen LogP contribution in [0.2, 0.25) is 0 Å². The van der Waals surface area contributed by atoms with Crippen LogP contribution in [0, 0.1) is 0 Å². The van der Waals surface area contributed by atoms with Gasteiger partial charge in [0.15, 0.2) is 29.6 Å². The summed E-state index contributed by atoms with van der Waals surface area (Å²) in [5.74, 6) is 0.279. The number of aromatic nitrogens is 2. The number of hydrogen-bond acceptors (Lipinski definition) is 8. The first-order chi connectivity index (χ1) is 11.5. The van der Waals surface area contributed by atoms with Crippen molar-refractivity contribution in [2.24, 2.45) is 16.6 Å². The molecule has 1 heterocycles. The van der Waals surface area contributed by atoms with Crippen molar-refractivity contribution in [1.82, 2.24) is 10.3 Å². The minimum absolute atomic E-state index is 0.0124. The summed E-state index contributed by atoms with van der Waals surface area (Å²) >= 11 is 0. The molecule has 0 radical (unpaired) electrons. The van der Waals surface area contributed by atoms with Crippen LogP contribution in [0.25, 0.3) is 0 Å². The summed E-state index contributed by atoms with van der Waals surface area (Å²) in [5, 5.41) is 13.4. The van der Waals surface area contributed by atoms with Crippen LogP contribution in [0.1, 0.15) is 11.3 Å². The first kappa shape index (κ1) is 16.7. The highest BCUT2D eigenvalue weighted by Gasteiger charge is 2.12. The van der Waals surface area contributed by atoms with E-state index in [0.29, 0.717) is 17.1 Å². The molecule has 0 bridgehead atoms. The van der Waals surface area contributed by atoms with Gasteiger partial charge >= 0.3 is 0 Å². The first-order valence-corrected chi connectivity index (χ1v) is 6.60. The molecule has 11 heteroatoms. The number of hydrazone groups is 1. The van der Waals surface area contributed by atoms with Crippen LogP contribution in [-0.2, 0) is 4.79 Å². The number of anilines is 1. The Labute approximate surface area is 136 Å². The number of carbonyl (C=O) groups excluding carboxylic acids is 1. The zero-order chi connectivity index (χ0) is 17.5. The van der Waals surface area contributed by atoms with Gasteiger partial charge in [0.2, 0.25) is 12.1 Å². The van der Waals surface area contributed by atoms with Gasteiger partial charge in [0, 0.05) is 10.7 Å². The van der Waals surface area contributed by atoms with Crippen molar-refractivity contribution < 1.29 is 24.0 Å². The fourth-order valence-electron chi connectivity index (χ4n) is 1.64. The summed E-state index contributed by atoms with van der Waals surface area (Å²) in [7, 11) is 1.47. The molecule has 0 aliphatic heterocycles. The lowest BCUT2D eigenvalue weighted by molar-refractivity contribution is -0.456. The summed E-state index contributed by atoms with van der Waals surface area (Å²) in [5.41, 5.74) is 17.1. The summed E-state index contributed by atoms with van der Waals surface area (Å²) in [4.78, 5) is 10.8. The van der Waals surface area contributed by atoms with Crippen LogP contribution in [0.15, 0.2) is 27.9 Å². The normalized spacial score (nSPS) is 11.6. The number of primary amides is 1. The highest BCUT2D eigenvalue weighted by molar-refractivity contribution is 5.98. The molecule has 1 amide bonds. The molecule has 126 valence electrons. The van der Waals surface area contributed by atoms with Gasteiger partial charge < -0.3 is 26.7 Å². The van der Waals surface area contributed by atoms with E-state index in [4.69, 9.17) is 26.7 Å². The molecule has 0 aliphatic carbocycles. The summed E-state index contributed by atoms with van der Waals surface area (Å²) < 4.78 is 14.8. The van der Waals surface area contributed by atoms with E-state index >= 15 is 0 Å². The number of nitrogen functional groups attached to an aromatic ring is 1. The number of carbonyl (C=O) groups is 1. The molecule has 7 N–H and O–H groups in total. The standard InChI is InChI=1S/C13H15N7O4/c1-22-9-4-7(2-3-8(9)23-6-10(14)21)5-17-18-12(15)11-13(16)20-24-19-11/h2-5H,6H2,1H3,(H2,14,21)(H2,15,18)(H2,16,20)/p+1. The number of amidine groups is 1. The van der Waals surface area contributed by atoms with Gasteiger partial charge in [0.1, 0.15) is 0 Å². The van der Waals surface area contributed by atoms with E-state index in [1.54, 1.807) is 24.4 Å². The number of benzene rings is 1. The number of nitrogens with two attached hydrogens (primary N) is 3. The molecular formula is C13H16N7O4+. The Kier molecular flexibility index (Phi) is 5.28. The Morgan fingerprint density at radius 1 is 1.38 bits per heavy atom. The Morgan fingerprint density at radius 2 is 2.17 bits per heavy atom. The third-order valence-corrected chi connectivity index (χ3v) is 2.73. The van der Waals surface area contributed by atoms with Crippen molar-refractivity contribution in [3.05, 3.63) is 29.5 Å². The molecule has 0 unspecified atom stereocenters. The van der Waals surface area contributed by atoms with E-state index in [9.17, 15) is 4.79 Å². The zero-order valence-electron chi connectivity index (χ0n) is 12.7. The van der Waals surface area contributed by atoms with Gasteiger partial charge in [0.05, 0.1) is 7.11 Å². The molecular weight excluding hydrogens is 318 g/mol. The molecule has 24 heavy (non-hydrogen) atoms. The maximum atomic E-state index is 10.8. The number of rotatable bonds is 7. The van der Waals surface area contributed by atoms with Gasteiger partial charge in [-0.2, -0.15) is 0 Å². The molecule has 0 fully saturated rings. The molecule has 1 aromatic carbocycles. The third-order valence-electron chi connectivity index (χ3n) is 2.73. The van der Waals surface area contributed by atoms with E-state index in [-0.39, 0.29) is 24.0 Å². The second-order valence-corrected chi connectivity index (χ2v) is 4.43. The van der Waals surface area contributed by atoms with Crippen LogP contribution < -0.4 is 31.8 Å². The predicted molar refractivity (Wildman–Crippen MR) is 83.2 cm³/mol. The van der Waals surface area contributed by atoms with Gasteiger partial charge in [0.25, 0.3) is 5.91 Å².